The molecule has 19 heteroatoms. The van der Waals surface area contributed by atoms with Gasteiger partial charge in [0, 0.05) is 24.6 Å². The van der Waals surface area contributed by atoms with E-state index in [1.807, 2.05) is 6.92 Å². The lowest BCUT2D eigenvalue weighted by molar-refractivity contribution is -0.142. The Hall–Kier alpha value is -3.58. The Labute approximate surface area is 291 Å². The second-order valence-corrected chi connectivity index (χ2v) is 10.8. The molecule has 49 heavy (non-hydrogen) atoms. The van der Waals surface area contributed by atoms with Gasteiger partial charge in [-0.1, -0.05) is 13.8 Å². The van der Waals surface area contributed by atoms with E-state index in [0.29, 0.717) is 5.88 Å². The first-order valence-corrected chi connectivity index (χ1v) is 15.7. The molecular formula is C30H53ClO18. The maximum Gasteiger partial charge on any atom is 0.508 e. The van der Waals surface area contributed by atoms with E-state index in [4.69, 9.17) is 41.5 Å². The number of aliphatic hydroxyl groups excluding tert-OH is 4. The minimum absolute atomic E-state index is 0.0475. The van der Waals surface area contributed by atoms with Crippen molar-refractivity contribution >= 4 is 42.2 Å². The highest BCUT2D eigenvalue weighted by Crippen LogP contribution is 2.01. The second kappa shape index (κ2) is 32.9. The molecule has 288 valence electrons. The third-order valence-electron chi connectivity index (χ3n) is 4.34. The summed E-state index contributed by atoms with van der Waals surface area (Å²) in [5.74, 6) is 0.0799. The number of hydrogen-bond donors (Lipinski definition) is 4. The number of carbonyl (C=O) groups excluding carboxylic acids is 5. The number of alkyl halides is 1. The molecule has 0 aromatic rings. The molecule has 4 N–H and O–H groups in total. The first-order chi connectivity index (χ1) is 22.9. The lowest BCUT2D eigenvalue weighted by Gasteiger charge is -2.12. The summed E-state index contributed by atoms with van der Waals surface area (Å²) < 4.78 is 41.5. The van der Waals surface area contributed by atoms with E-state index in [1.54, 1.807) is 6.92 Å². The van der Waals surface area contributed by atoms with Gasteiger partial charge < -0.3 is 63.1 Å². The molecule has 0 saturated carbocycles. The van der Waals surface area contributed by atoms with Crippen LogP contribution in [0.4, 0.5) is 19.2 Å². The third kappa shape index (κ3) is 44.4. The Bertz CT molecular complexity index is 879. The van der Waals surface area contributed by atoms with E-state index < -0.39 is 49.0 Å². The molecule has 0 aliphatic heterocycles. The van der Waals surface area contributed by atoms with Crippen molar-refractivity contribution in [1.82, 2.24) is 0 Å². The molecule has 0 aromatic carbocycles. The minimum Gasteiger partial charge on any atom is -0.465 e. The van der Waals surface area contributed by atoms with Gasteiger partial charge in [-0.25, -0.2) is 19.2 Å². The Morgan fingerprint density at radius 3 is 1.02 bits per heavy atom. The van der Waals surface area contributed by atoms with Gasteiger partial charge in [-0.15, -0.1) is 11.6 Å². The van der Waals surface area contributed by atoms with Gasteiger partial charge in [0.2, 0.25) is 0 Å². The maximum absolute atomic E-state index is 10.9. The van der Waals surface area contributed by atoms with Crippen LogP contribution in [0.3, 0.4) is 0 Å². The van der Waals surface area contributed by atoms with Crippen molar-refractivity contribution < 1.29 is 87.0 Å². The predicted molar refractivity (Wildman–Crippen MR) is 171 cm³/mol. The standard InChI is InChI=1S/C12H20O8.C10H18O6.C8H15ClO4/c1-9(13)7-19-11(15)17-5-3-4-6-18-12(16)20-8-10(2)14;1-7(4-14-9(3)12)5-15-10(13)16-6-8(2)11;1-6(3-9)4-12-8(11)13-5-7(2)10/h3-4,9-10,13-14H,5-8H2,1-2H3;7-8,11H,4-6H2,1-3H3;6-7,10H,3-5H2,1-2H3/b4-3+;;. The monoisotopic (exact) mass is 736 g/mol. The van der Waals surface area contributed by atoms with Crippen LogP contribution in [-0.2, 0) is 47.4 Å². The summed E-state index contributed by atoms with van der Waals surface area (Å²) in [6, 6.07) is 0. The van der Waals surface area contributed by atoms with Crippen molar-refractivity contribution in [3.05, 3.63) is 12.2 Å². The third-order valence-corrected chi connectivity index (χ3v) is 4.86. The molecule has 0 bridgehead atoms. The smallest absolute Gasteiger partial charge is 0.465 e. The lowest BCUT2D eigenvalue weighted by Crippen LogP contribution is -2.20. The Morgan fingerprint density at radius 1 is 0.469 bits per heavy atom. The Kier molecular flexibility index (Phi) is 33.5. The summed E-state index contributed by atoms with van der Waals surface area (Å²) in [6.45, 7) is 10.9. The molecular weight excluding hydrogens is 684 g/mol. The topological polar surface area (TPSA) is 249 Å². The largest absolute Gasteiger partial charge is 0.508 e. The van der Waals surface area contributed by atoms with Gasteiger partial charge in [-0.3, -0.25) is 4.79 Å². The van der Waals surface area contributed by atoms with Crippen LogP contribution in [0, 0.1) is 11.8 Å². The molecule has 0 amide bonds. The van der Waals surface area contributed by atoms with E-state index in [9.17, 15) is 24.0 Å². The lowest BCUT2D eigenvalue weighted by atomic mass is 10.2. The van der Waals surface area contributed by atoms with Crippen LogP contribution < -0.4 is 0 Å². The fraction of sp³-hybridized carbons (Fsp3) is 0.767. The van der Waals surface area contributed by atoms with Crippen LogP contribution in [-0.4, -0.2) is 141 Å². The van der Waals surface area contributed by atoms with Gasteiger partial charge in [0.25, 0.3) is 0 Å². The van der Waals surface area contributed by atoms with Gasteiger partial charge in [-0.2, -0.15) is 0 Å². The van der Waals surface area contributed by atoms with E-state index in [2.05, 4.69) is 33.2 Å². The van der Waals surface area contributed by atoms with Gasteiger partial charge in [0.1, 0.15) is 46.2 Å². The molecule has 0 aliphatic carbocycles. The zero-order chi connectivity index (χ0) is 38.2. The molecule has 0 rings (SSSR count). The molecule has 0 aliphatic rings. The predicted octanol–water partition coefficient (Wildman–Crippen LogP) is 2.73. The van der Waals surface area contributed by atoms with Crippen molar-refractivity contribution in [1.29, 1.82) is 0 Å². The molecule has 0 spiro atoms. The number of hydrogen-bond acceptors (Lipinski definition) is 18. The zero-order valence-corrected chi connectivity index (χ0v) is 29.8. The van der Waals surface area contributed by atoms with E-state index in [0.717, 1.165) is 0 Å². The fourth-order valence-corrected chi connectivity index (χ4v) is 2.15. The normalized spacial score (nSPS) is 14.0. The van der Waals surface area contributed by atoms with Crippen molar-refractivity contribution in [3.8, 4) is 0 Å². The maximum atomic E-state index is 10.9. The highest BCUT2D eigenvalue weighted by molar-refractivity contribution is 6.18. The summed E-state index contributed by atoms with van der Waals surface area (Å²) in [6.07, 6.45) is -3.38. The van der Waals surface area contributed by atoms with E-state index in [1.165, 1.54) is 46.8 Å². The van der Waals surface area contributed by atoms with Crippen molar-refractivity contribution in [2.24, 2.45) is 11.8 Å². The highest BCUT2D eigenvalue weighted by Gasteiger charge is 2.11. The van der Waals surface area contributed by atoms with Gasteiger partial charge in [0.05, 0.1) is 37.6 Å². The van der Waals surface area contributed by atoms with Crippen molar-refractivity contribution in [3.63, 3.8) is 0 Å². The van der Waals surface area contributed by atoms with Gasteiger partial charge in [-0.05, 0) is 39.8 Å². The van der Waals surface area contributed by atoms with Crippen molar-refractivity contribution in [2.45, 2.75) is 72.9 Å². The molecule has 6 unspecified atom stereocenters. The molecule has 0 aromatic heterocycles. The SMILES string of the molecule is CC(=O)OCC(C)COC(=O)OCC(C)O.CC(O)COC(=O)OC/C=C/COC(=O)OCC(C)O.CC(O)COC(=O)OCC(C)CCl. The first-order valence-electron chi connectivity index (χ1n) is 15.1. The summed E-state index contributed by atoms with van der Waals surface area (Å²) in [5.41, 5.74) is 0. The quantitative estimate of drug-likeness (QED) is 0.0644. The van der Waals surface area contributed by atoms with Crippen LogP contribution in [0.25, 0.3) is 0 Å². The second-order valence-electron chi connectivity index (χ2n) is 10.5. The van der Waals surface area contributed by atoms with Gasteiger partial charge >= 0.3 is 30.6 Å². The summed E-state index contributed by atoms with van der Waals surface area (Å²) >= 11 is 5.49. The fourth-order valence-electron chi connectivity index (χ4n) is 2.06. The summed E-state index contributed by atoms with van der Waals surface area (Å²) in [4.78, 5) is 54.0. The van der Waals surface area contributed by atoms with Gasteiger partial charge in [0.15, 0.2) is 0 Å². The molecule has 0 radical (unpaired) electrons. The molecule has 0 heterocycles. The average molecular weight is 737 g/mol. The van der Waals surface area contributed by atoms with E-state index >= 15 is 0 Å². The summed E-state index contributed by atoms with van der Waals surface area (Å²) in [5, 5.41) is 35.3. The number of esters is 1. The van der Waals surface area contributed by atoms with Crippen LogP contribution >= 0.6 is 11.6 Å². The molecule has 0 saturated heterocycles. The average Bonchev–Trinajstić information content (AvgIpc) is 3.03. The van der Waals surface area contributed by atoms with Crippen LogP contribution in [0.1, 0.15) is 48.5 Å². The molecule has 18 nitrogen and oxygen atoms in total. The van der Waals surface area contributed by atoms with Crippen LogP contribution in [0.5, 0.6) is 0 Å². The Morgan fingerprint density at radius 2 is 0.735 bits per heavy atom. The number of halogens is 1. The van der Waals surface area contributed by atoms with Crippen molar-refractivity contribution in [2.75, 3.05) is 65.3 Å². The number of ether oxygens (including phenoxy) is 9. The number of carbonyl (C=O) groups is 5. The Balaban J connectivity index is -0.000000664. The summed E-state index contributed by atoms with van der Waals surface area (Å²) in [7, 11) is 0. The van der Waals surface area contributed by atoms with E-state index in [-0.39, 0.29) is 77.3 Å². The number of rotatable bonds is 19. The number of aliphatic hydroxyl groups is 4. The molecule has 6 atom stereocenters. The first kappa shape index (κ1) is 49.8. The molecule has 0 fully saturated rings. The van der Waals surface area contributed by atoms with Crippen LogP contribution in [0.15, 0.2) is 12.2 Å². The zero-order valence-electron chi connectivity index (χ0n) is 29.1. The highest BCUT2D eigenvalue weighted by atomic mass is 35.5. The van der Waals surface area contributed by atoms with Crippen LogP contribution in [0.2, 0.25) is 0 Å². The minimum atomic E-state index is -0.896.